The zero-order valence-corrected chi connectivity index (χ0v) is 29.1. The van der Waals surface area contributed by atoms with Crippen LogP contribution in [0.15, 0.2) is 29.3 Å². The number of piperazine rings is 1. The number of fused-ring (bicyclic) bond motifs is 1. The molecule has 2 aliphatic rings. The summed E-state index contributed by atoms with van der Waals surface area (Å²) in [5.74, 6) is 0.694. The lowest BCUT2D eigenvalue weighted by molar-refractivity contribution is -0.121. The number of nitrogens with zero attached hydrogens (tertiary/aromatic N) is 7. The van der Waals surface area contributed by atoms with Gasteiger partial charge in [-0.25, -0.2) is 9.97 Å². The molecule has 4 heterocycles. The van der Waals surface area contributed by atoms with Gasteiger partial charge in [0.25, 0.3) is 5.56 Å². The van der Waals surface area contributed by atoms with E-state index in [1.165, 1.54) is 6.92 Å². The fourth-order valence-electron chi connectivity index (χ4n) is 6.52. The molecule has 2 fully saturated rings. The van der Waals surface area contributed by atoms with Gasteiger partial charge in [-0.2, -0.15) is 10.2 Å². The molecule has 0 spiro atoms. The number of carbonyl (C=O) groups excluding carboxylic acids is 2. The largest absolute Gasteiger partial charge is 0.378 e. The zero-order valence-electron chi connectivity index (χ0n) is 29.1. The van der Waals surface area contributed by atoms with Gasteiger partial charge in [0, 0.05) is 69.9 Å². The number of hydrogen-bond acceptors (Lipinski definition) is 13. The van der Waals surface area contributed by atoms with Crippen LogP contribution in [0.3, 0.4) is 0 Å². The number of ketones is 1. The van der Waals surface area contributed by atoms with Crippen LogP contribution in [-0.4, -0.2) is 115 Å². The van der Waals surface area contributed by atoms with Crippen molar-refractivity contribution in [1.82, 2.24) is 35.1 Å². The molecule has 0 aromatic carbocycles. The highest BCUT2D eigenvalue weighted by Gasteiger charge is 2.26. The van der Waals surface area contributed by atoms with Crippen molar-refractivity contribution in [2.24, 2.45) is 0 Å². The summed E-state index contributed by atoms with van der Waals surface area (Å²) >= 11 is 0. The molecule has 3 aromatic rings. The quantitative estimate of drug-likeness (QED) is 0.101. The number of nitrogens with one attached hydrogen (secondary N) is 3. The molecule has 1 aliphatic heterocycles. The van der Waals surface area contributed by atoms with Crippen LogP contribution in [0.2, 0.25) is 0 Å². The topological polar surface area (TPSA) is 180 Å². The van der Waals surface area contributed by atoms with Gasteiger partial charge >= 0.3 is 0 Å². The first-order valence-corrected chi connectivity index (χ1v) is 17.5. The smallest absolute Gasteiger partial charge is 0.263 e. The summed E-state index contributed by atoms with van der Waals surface area (Å²) in [7, 11) is 0. The Kier molecular flexibility index (Phi) is 13.6. The Morgan fingerprint density at radius 1 is 1.00 bits per heavy atom. The number of anilines is 3. The lowest BCUT2D eigenvalue weighted by atomic mass is 10.0. The summed E-state index contributed by atoms with van der Waals surface area (Å²) in [5, 5.41) is 18.2. The van der Waals surface area contributed by atoms with E-state index in [1.54, 1.807) is 17.7 Å². The minimum atomic E-state index is -0.275. The number of nitriles is 1. The lowest BCUT2D eigenvalue weighted by Gasteiger charge is -2.35. The van der Waals surface area contributed by atoms with Crippen LogP contribution >= 0.6 is 0 Å². The number of Topliss-reactive ketones (excluding diaryl/α,β-unsaturated/α-hetero) is 1. The van der Waals surface area contributed by atoms with Crippen LogP contribution in [-0.2, 0) is 14.3 Å². The molecule has 5 rings (SSSR count). The fourth-order valence-corrected chi connectivity index (χ4v) is 6.52. The van der Waals surface area contributed by atoms with E-state index in [-0.39, 0.29) is 28.9 Å². The molecule has 0 bridgehead atoms. The number of rotatable bonds is 18. The predicted molar refractivity (Wildman–Crippen MR) is 190 cm³/mol. The van der Waals surface area contributed by atoms with Crippen LogP contribution in [0.4, 0.5) is 17.5 Å². The maximum absolute atomic E-state index is 13.5. The first-order valence-electron chi connectivity index (χ1n) is 17.5. The van der Waals surface area contributed by atoms with E-state index >= 15 is 0 Å². The third-order valence-corrected chi connectivity index (χ3v) is 9.20. The molecule has 0 unspecified atom stereocenters. The van der Waals surface area contributed by atoms with Gasteiger partial charge in [-0.05, 0) is 44.4 Å². The van der Waals surface area contributed by atoms with Gasteiger partial charge in [0.05, 0.1) is 56.5 Å². The van der Waals surface area contributed by atoms with E-state index in [0.717, 1.165) is 57.5 Å². The van der Waals surface area contributed by atoms with Crippen molar-refractivity contribution in [3.63, 3.8) is 0 Å². The number of ether oxygens (including phenoxy) is 2. The molecule has 3 aromatic heterocycles. The van der Waals surface area contributed by atoms with Crippen molar-refractivity contribution in [3.8, 4) is 6.07 Å². The lowest BCUT2D eigenvalue weighted by Crippen LogP contribution is -2.47. The molecule has 1 saturated carbocycles. The summed E-state index contributed by atoms with van der Waals surface area (Å²) in [5.41, 5.74) is 2.10. The minimum Gasteiger partial charge on any atom is -0.378 e. The van der Waals surface area contributed by atoms with Gasteiger partial charge in [0.2, 0.25) is 11.9 Å². The minimum absolute atomic E-state index is 0.0105. The number of amides is 1. The van der Waals surface area contributed by atoms with Gasteiger partial charge in [-0.15, -0.1) is 0 Å². The van der Waals surface area contributed by atoms with E-state index in [2.05, 4.69) is 35.7 Å². The second-order valence-corrected chi connectivity index (χ2v) is 12.6. The molecule has 15 heteroatoms. The summed E-state index contributed by atoms with van der Waals surface area (Å²) in [4.78, 5) is 56.6. The Hall–Kier alpha value is -4.49. The molecule has 1 aliphatic carbocycles. The van der Waals surface area contributed by atoms with Crippen molar-refractivity contribution in [2.45, 2.75) is 52.0 Å². The molecule has 1 saturated heterocycles. The summed E-state index contributed by atoms with van der Waals surface area (Å²) < 4.78 is 12.6. The van der Waals surface area contributed by atoms with Crippen molar-refractivity contribution < 1.29 is 19.1 Å². The van der Waals surface area contributed by atoms with E-state index in [9.17, 15) is 14.4 Å². The molecular weight excluding hydrogens is 640 g/mol. The van der Waals surface area contributed by atoms with E-state index in [0.29, 0.717) is 87.4 Å². The van der Waals surface area contributed by atoms with Crippen molar-refractivity contribution >= 4 is 40.2 Å². The highest BCUT2D eigenvalue weighted by atomic mass is 16.5. The van der Waals surface area contributed by atoms with Crippen LogP contribution in [0, 0.1) is 18.3 Å². The first-order chi connectivity index (χ1) is 24.4. The Balaban J connectivity index is 1.05. The van der Waals surface area contributed by atoms with Gasteiger partial charge in [-0.3, -0.25) is 23.9 Å². The number of aromatic nitrogens is 4. The van der Waals surface area contributed by atoms with Gasteiger partial charge in [0.1, 0.15) is 11.5 Å². The molecule has 1 amide bonds. The normalized spacial score (nSPS) is 15.3. The third kappa shape index (κ3) is 9.81. The first kappa shape index (κ1) is 36.8. The third-order valence-electron chi connectivity index (χ3n) is 9.20. The maximum Gasteiger partial charge on any atom is 0.263 e. The van der Waals surface area contributed by atoms with E-state index < -0.39 is 0 Å². The molecule has 3 N–H and O–H groups in total. The van der Waals surface area contributed by atoms with Gasteiger partial charge in [0.15, 0.2) is 5.78 Å². The van der Waals surface area contributed by atoms with Gasteiger partial charge in [-0.1, -0.05) is 12.8 Å². The Labute approximate surface area is 292 Å². The average Bonchev–Trinajstić information content (AvgIpc) is 3.65. The molecule has 50 heavy (non-hydrogen) atoms. The molecule has 15 nitrogen and oxygen atoms in total. The molecule has 0 radical (unpaired) electrons. The number of aryl methyl sites for hydroxylation is 1. The summed E-state index contributed by atoms with van der Waals surface area (Å²) in [6, 6.07) is 5.93. The molecule has 268 valence electrons. The predicted octanol–water partition coefficient (Wildman–Crippen LogP) is 2.33. The van der Waals surface area contributed by atoms with Crippen LogP contribution in [0.25, 0.3) is 11.0 Å². The zero-order chi connectivity index (χ0) is 35.3. The maximum atomic E-state index is 13.5. The van der Waals surface area contributed by atoms with Crippen LogP contribution < -0.4 is 26.4 Å². The SMILES string of the molecule is CC(=O)c1c(C)c2cnc(Nc3ccc(N4CCN(CCC(=O)NCCOCCOCCNCC#N)CC4)cn3)nc2n(C2CCCC2)c1=O. The monoisotopic (exact) mass is 688 g/mol. The Bertz CT molecular complexity index is 1690. The second kappa shape index (κ2) is 18.5. The fraction of sp³-hybridized carbons (Fsp3) is 0.571. The molecule has 0 atom stereocenters. The standard InChI is InChI=1S/C35H48N10O5/c1-25-29-24-40-35(42-33(29)45(27-5-3-4-6-27)34(48)32(25)26(2)46)41-30-8-7-28(23-39-30)44-17-15-43(16-18-44)14-9-31(47)38-13-20-50-22-21-49-19-12-37-11-10-36/h7-8,23-24,27,37H,3-6,9,11-22H2,1-2H3,(H,38,47)(H,39,40,41,42). The van der Waals surface area contributed by atoms with Crippen LogP contribution in [0.5, 0.6) is 0 Å². The molecular formula is C35H48N10O5. The Morgan fingerprint density at radius 3 is 2.42 bits per heavy atom. The van der Waals surface area contributed by atoms with Crippen molar-refractivity contribution in [2.75, 3.05) is 89.0 Å². The van der Waals surface area contributed by atoms with Crippen molar-refractivity contribution in [1.29, 1.82) is 5.26 Å². The van der Waals surface area contributed by atoms with E-state index in [4.69, 9.17) is 19.7 Å². The Morgan fingerprint density at radius 2 is 1.74 bits per heavy atom. The second-order valence-electron chi connectivity index (χ2n) is 12.6. The number of pyridine rings is 2. The number of hydrogen-bond donors (Lipinski definition) is 3. The van der Waals surface area contributed by atoms with Crippen LogP contribution in [0.1, 0.15) is 61.0 Å². The van der Waals surface area contributed by atoms with Crippen molar-refractivity contribution in [3.05, 3.63) is 46.0 Å². The highest BCUT2D eigenvalue weighted by Crippen LogP contribution is 2.32. The summed E-state index contributed by atoms with van der Waals surface area (Å²) in [6.45, 7) is 10.6. The van der Waals surface area contributed by atoms with E-state index in [1.807, 2.05) is 24.4 Å². The average molecular weight is 689 g/mol. The summed E-state index contributed by atoms with van der Waals surface area (Å²) in [6.07, 6.45) is 7.80. The highest BCUT2D eigenvalue weighted by molar-refractivity contribution is 5.99. The number of carbonyl (C=O) groups is 2. The van der Waals surface area contributed by atoms with Gasteiger partial charge < -0.3 is 30.3 Å².